The van der Waals surface area contributed by atoms with Gasteiger partial charge in [-0.1, -0.05) is 28.1 Å². The number of alkyl halides is 6. The summed E-state index contributed by atoms with van der Waals surface area (Å²) in [5.74, 6) is 0. The molecule has 0 aliphatic heterocycles. The van der Waals surface area contributed by atoms with Gasteiger partial charge in [-0.05, 0) is 54.3 Å². The maximum absolute atomic E-state index is 12.9. The molecule has 0 nitrogen and oxygen atoms in total. The molecule has 2 rings (SSSR count). The molecule has 0 saturated heterocycles. The molecule has 0 atom stereocenters. The van der Waals surface area contributed by atoms with Crippen LogP contribution in [0.4, 0.5) is 26.3 Å². The molecular formula is C16H11BrF6. The van der Waals surface area contributed by atoms with Crippen LogP contribution < -0.4 is 0 Å². The van der Waals surface area contributed by atoms with Gasteiger partial charge in [0.15, 0.2) is 0 Å². The summed E-state index contributed by atoms with van der Waals surface area (Å²) in [6.45, 7) is 3.44. The molecule has 0 unspecified atom stereocenters. The molecule has 2 aromatic rings. The van der Waals surface area contributed by atoms with E-state index in [1.165, 1.54) is 0 Å². The van der Waals surface area contributed by atoms with Gasteiger partial charge in [0.05, 0.1) is 11.1 Å². The smallest absolute Gasteiger partial charge is 0.166 e. The molecule has 0 aliphatic carbocycles. The molecule has 0 spiro atoms. The van der Waals surface area contributed by atoms with Crippen molar-refractivity contribution in [2.75, 3.05) is 0 Å². The van der Waals surface area contributed by atoms with E-state index in [2.05, 4.69) is 15.9 Å². The quantitative estimate of drug-likeness (QED) is 0.466. The molecule has 0 amide bonds. The standard InChI is InChI=1S/C16H11BrF6/c1-8-3-10(4-9(2)14(8)17)11-5-12(15(18,19)20)7-13(6-11)16(21,22)23/h3-7H,1-2H3. The zero-order valence-corrected chi connectivity index (χ0v) is 13.6. The fraction of sp³-hybridized carbons (Fsp3) is 0.250. The Morgan fingerprint density at radius 1 is 0.652 bits per heavy atom. The summed E-state index contributed by atoms with van der Waals surface area (Å²) in [5, 5.41) is 0. The predicted molar refractivity (Wildman–Crippen MR) is 79.1 cm³/mol. The third-order valence-electron chi connectivity index (χ3n) is 3.36. The Hall–Kier alpha value is -1.50. The first-order valence-corrected chi connectivity index (χ1v) is 7.25. The van der Waals surface area contributed by atoms with E-state index in [0.717, 1.165) is 27.7 Å². The van der Waals surface area contributed by atoms with Gasteiger partial charge in [-0.3, -0.25) is 0 Å². The van der Waals surface area contributed by atoms with Crippen LogP contribution >= 0.6 is 15.9 Å². The van der Waals surface area contributed by atoms with E-state index in [1.807, 2.05) is 0 Å². The van der Waals surface area contributed by atoms with Crippen molar-refractivity contribution in [3.05, 3.63) is 57.1 Å². The lowest BCUT2D eigenvalue weighted by molar-refractivity contribution is -0.143. The zero-order chi connectivity index (χ0) is 17.6. The van der Waals surface area contributed by atoms with E-state index < -0.39 is 23.5 Å². The number of aryl methyl sites for hydroxylation is 2. The largest absolute Gasteiger partial charge is 0.416 e. The van der Waals surface area contributed by atoms with Gasteiger partial charge in [-0.2, -0.15) is 26.3 Å². The van der Waals surface area contributed by atoms with Crippen LogP contribution in [0, 0.1) is 13.8 Å². The molecule has 23 heavy (non-hydrogen) atoms. The summed E-state index contributed by atoms with van der Waals surface area (Å²) in [4.78, 5) is 0. The highest BCUT2D eigenvalue weighted by Gasteiger charge is 2.37. The molecule has 124 valence electrons. The van der Waals surface area contributed by atoms with Crippen molar-refractivity contribution in [3.63, 3.8) is 0 Å². The maximum atomic E-state index is 12.9. The summed E-state index contributed by atoms with van der Waals surface area (Å²) >= 11 is 3.32. The molecule has 0 aliphatic rings. The second-order valence-corrected chi connectivity index (χ2v) is 6.01. The lowest BCUT2D eigenvalue weighted by atomic mass is 9.96. The number of rotatable bonds is 1. The van der Waals surface area contributed by atoms with Gasteiger partial charge >= 0.3 is 12.4 Å². The average Bonchev–Trinajstić information content (AvgIpc) is 2.41. The van der Waals surface area contributed by atoms with Crippen molar-refractivity contribution >= 4 is 15.9 Å². The van der Waals surface area contributed by atoms with Gasteiger partial charge in [-0.15, -0.1) is 0 Å². The summed E-state index contributed by atoms with van der Waals surface area (Å²) in [6.07, 6.45) is -9.70. The number of halogens is 7. The van der Waals surface area contributed by atoms with Gasteiger partial charge in [0, 0.05) is 4.47 Å². The minimum Gasteiger partial charge on any atom is -0.166 e. The molecule has 0 radical (unpaired) electrons. The van der Waals surface area contributed by atoms with Crippen molar-refractivity contribution in [3.8, 4) is 11.1 Å². The van der Waals surface area contributed by atoms with Crippen LogP contribution in [-0.4, -0.2) is 0 Å². The number of benzene rings is 2. The Labute approximate surface area is 137 Å². The minimum atomic E-state index is -4.85. The average molecular weight is 397 g/mol. The van der Waals surface area contributed by atoms with Crippen LogP contribution in [0.2, 0.25) is 0 Å². The topological polar surface area (TPSA) is 0 Å². The fourth-order valence-electron chi connectivity index (χ4n) is 2.23. The SMILES string of the molecule is Cc1cc(-c2cc(C(F)(F)F)cc(C(F)(F)F)c2)cc(C)c1Br. The zero-order valence-electron chi connectivity index (χ0n) is 12.0. The Morgan fingerprint density at radius 2 is 1.00 bits per heavy atom. The molecule has 7 heteroatoms. The Morgan fingerprint density at radius 3 is 1.35 bits per heavy atom. The van der Waals surface area contributed by atoms with Crippen LogP contribution in [0.5, 0.6) is 0 Å². The van der Waals surface area contributed by atoms with Crippen LogP contribution in [0.3, 0.4) is 0 Å². The molecule has 2 aromatic carbocycles. The third-order valence-corrected chi connectivity index (χ3v) is 4.61. The molecule has 0 fully saturated rings. The molecule has 0 heterocycles. The lowest BCUT2D eigenvalue weighted by Crippen LogP contribution is -2.11. The van der Waals surface area contributed by atoms with E-state index in [1.54, 1.807) is 26.0 Å². The summed E-state index contributed by atoms with van der Waals surface area (Å²) < 4.78 is 78.2. The Bertz CT molecular complexity index is 688. The van der Waals surface area contributed by atoms with Crippen molar-refractivity contribution in [2.24, 2.45) is 0 Å². The first kappa shape index (κ1) is 17.8. The minimum absolute atomic E-state index is 0.120. The summed E-state index contributed by atoms with van der Waals surface area (Å²) in [5.41, 5.74) is -0.997. The fourth-order valence-corrected chi connectivity index (χ4v) is 2.46. The third kappa shape index (κ3) is 3.88. The van der Waals surface area contributed by atoms with E-state index >= 15 is 0 Å². The Balaban J connectivity index is 2.72. The maximum Gasteiger partial charge on any atom is 0.416 e. The highest BCUT2D eigenvalue weighted by Crippen LogP contribution is 2.39. The normalized spacial score (nSPS) is 12.6. The van der Waals surface area contributed by atoms with Gasteiger partial charge in [0.1, 0.15) is 0 Å². The molecule has 0 N–H and O–H groups in total. The predicted octanol–water partition coefficient (Wildman–Crippen LogP) is 6.77. The van der Waals surface area contributed by atoms with Crippen molar-refractivity contribution in [2.45, 2.75) is 26.2 Å². The molecular weight excluding hydrogens is 386 g/mol. The summed E-state index contributed by atoms with van der Waals surface area (Å²) in [6, 6.07) is 4.69. The number of hydrogen-bond acceptors (Lipinski definition) is 0. The van der Waals surface area contributed by atoms with Gasteiger partial charge in [-0.25, -0.2) is 0 Å². The van der Waals surface area contributed by atoms with Crippen LogP contribution in [0.1, 0.15) is 22.3 Å². The first-order valence-electron chi connectivity index (χ1n) is 6.46. The molecule has 0 bridgehead atoms. The van der Waals surface area contributed by atoms with Gasteiger partial charge in [0.2, 0.25) is 0 Å². The van der Waals surface area contributed by atoms with Crippen molar-refractivity contribution < 1.29 is 26.3 Å². The lowest BCUT2D eigenvalue weighted by Gasteiger charge is -2.15. The highest BCUT2D eigenvalue weighted by atomic mass is 79.9. The van der Waals surface area contributed by atoms with Crippen LogP contribution in [0.25, 0.3) is 11.1 Å². The monoisotopic (exact) mass is 396 g/mol. The second kappa shape index (κ2) is 5.85. The van der Waals surface area contributed by atoms with Crippen molar-refractivity contribution in [1.29, 1.82) is 0 Å². The number of hydrogen-bond donors (Lipinski definition) is 0. The van der Waals surface area contributed by atoms with E-state index in [9.17, 15) is 26.3 Å². The van der Waals surface area contributed by atoms with Crippen LogP contribution in [0.15, 0.2) is 34.8 Å². The van der Waals surface area contributed by atoms with Gasteiger partial charge < -0.3 is 0 Å². The molecule has 0 saturated carbocycles. The van der Waals surface area contributed by atoms with Crippen molar-refractivity contribution in [1.82, 2.24) is 0 Å². The Kier molecular flexibility index (Phi) is 4.54. The van der Waals surface area contributed by atoms with E-state index in [-0.39, 0.29) is 11.6 Å². The van der Waals surface area contributed by atoms with E-state index in [0.29, 0.717) is 5.56 Å². The van der Waals surface area contributed by atoms with Crippen LogP contribution in [-0.2, 0) is 12.4 Å². The van der Waals surface area contributed by atoms with E-state index in [4.69, 9.17) is 0 Å². The first-order chi connectivity index (χ1) is 10.4. The second-order valence-electron chi connectivity index (χ2n) is 5.22. The summed E-state index contributed by atoms with van der Waals surface area (Å²) in [7, 11) is 0. The molecule has 0 aromatic heterocycles. The van der Waals surface area contributed by atoms with Gasteiger partial charge in [0.25, 0.3) is 0 Å². The highest BCUT2D eigenvalue weighted by molar-refractivity contribution is 9.10.